The van der Waals surface area contributed by atoms with Crippen LogP contribution in [0.15, 0.2) is 48.5 Å². The largest absolute Gasteiger partial charge is 0.459 e. The van der Waals surface area contributed by atoms with Gasteiger partial charge in [-0.3, -0.25) is 4.79 Å². The lowest BCUT2D eigenvalue weighted by Gasteiger charge is -2.29. The maximum Gasteiger partial charge on any atom is 0.320 e. The Hall–Kier alpha value is -2.24. The van der Waals surface area contributed by atoms with Crippen molar-refractivity contribution in [3.05, 3.63) is 71.0 Å². The van der Waals surface area contributed by atoms with E-state index in [0.29, 0.717) is 18.5 Å². The molecule has 168 valence electrons. The molecule has 3 rings (SSSR count). The fourth-order valence-electron chi connectivity index (χ4n) is 4.09. The summed E-state index contributed by atoms with van der Waals surface area (Å²) >= 11 is 0. The van der Waals surface area contributed by atoms with Gasteiger partial charge in [-0.2, -0.15) is 0 Å². The lowest BCUT2D eigenvalue weighted by molar-refractivity contribution is -0.153. The SMILES string of the molecule is CC(C)(C)OC(=O)CNCc1ccc([C@H]2CC[C@H](NCc3ccc(F)cc3)CC2)cc1. The minimum atomic E-state index is -0.449. The fraction of sp³-hybridized carbons (Fsp3) is 0.500. The molecule has 2 N–H and O–H groups in total. The molecule has 0 unspecified atom stereocenters. The molecule has 0 aromatic heterocycles. The fourth-order valence-corrected chi connectivity index (χ4v) is 4.09. The summed E-state index contributed by atoms with van der Waals surface area (Å²) in [7, 11) is 0. The first-order chi connectivity index (χ1) is 14.8. The van der Waals surface area contributed by atoms with Crippen LogP contribution in [0.25, 0.3) is 0 Å². The molecule has 0 aliphatic heterocycles. The van der Waals surface area contributed by atoms with Crippen LogP contribution in [0.4, 0.5) is 4.39 Å². The molecule has 1 fully saturated rings. The molecule has 0 saturated heterocycles. The smallest absolute Gasteiger partial charge is 0.320 e. The van der Waals surface area contributed by atoms with Crippen molar-refractivity contribution in [2.45, 2.75) is 77.1 Å². The Bertz CT molecular complexity index is 820. The third-order valence-electron chi connectivity index (χ3n) is 5.70. The van der Waals surface area contributed by atoms with Crippen LogP contribution in [0.3, 0.4) is 0 Å². The molecule has 0 amide bonds. The van der Waals surface area contributed by atoms with E-state index in [0.717, 1.165) is 24.9 Å². The van der Waals surface area contributed by atoms with Gasteiger partial charge in [0.05, 0.1) is 6.54 Å². The van der Waals surface area contributed by atoms with Crippen molar-refractivity contribution in [2.75, 3.05) is 6.54 Å². The third kappa shape index (κ3) is 8.08. The van der Waals surface area contributed by atoms with Gasteiger partial charge in [-0.15, -0.1) is 0 Å². The summed E-state index contributed by atoms with van der Waals surface area (Å²) in [5.41, 5.74) is 3.24. The first-order valence-corrected chi connectivity index (χ1v) is 11.3. The van der Waals surface area contributed by atoms with E-state index in [1.54, 1.807) is 0 Å². The molecular weight excluding hydrogens is 391 g/mol. The van der Waals surface area contributed by atoms with Crippen molar-refractivity contribution in [1.29, 1.82) is 0 Å². The van der Waals surface area contributed by atoms with E-state index in [1.807, 2.05) is 32.9 Å². The van der Waals surface area contributed by atoms with E-state index in [9.17, 15) is 9.18 Å². The summed E-state index contributed by atoms with van der Waals surface area (Å²) in [6.07, 6.45) is 4.67. The van der Waals surface area contributed by atoms with Crippen LogP contribution in [-0.2, 0) is 22.6 Å². The Morgan fingerprint density at radius 2 is 1.52 bits per heavy atom. The minimum absolute atomic E-state index is 0.186. The Morgan fingerprint density at radius 1 is 0.935 bits per heavy atom. The van der Waals surface area contributed by atoms with E-state index >= 15 is 0 Å². The van der Waals surface area contributed by atoms with Crippen LogP contribution in [0.1, 0.15) is 69.1 Å². The lowest BCUT2D eigenvalue weighted by atomic mass is 9.81. The zero-order chi connectivity index (χ0) is 22.3. The van der Waals surface area contributed by atoms with Crippen LogP contribution < -0.4 is 10.6 Å². The highest BCUT2D eigenvalue weighted by Crippen LogP contribution is 2.33. The third-order valence-corrected chi connectivity index (χ3v) is 5.70. The number of ether oxygens (including phenoxy) is 1. The van der Waals surface area contributed by atoms with Crippen molar-refractivity contribution in [3.63, 3.8) is 0 Å². The molecule has 1 aliphatic carbocycles. The summed E-state index contributed by atoms with van der Waals surface area (Å²) in [5.74, 6) is 0.190. The number of halogens is 1. The summed E-state index contributed by atoms with van der Waals surface area (Å²) < 4.78 is 18.3. The van der Waals surface area contributed by atoms with Crippen molar-refractivity contribution in [1.82, 2.24) is 10.6 Å². The van der Waals surface area contributed by atoms with Gasteiger partial charge in [0.2, 0.25) is 0 Å². The van der Waals surface area contributed by atoms with Gasteiger partial charge in [0.1, 0.15) is 11.4 Å². The molecule has 0 atom stereocenters. The van der Waals surface area contributed by atoms with Gasteiger partial charge in [0.15, 0.2) is 0 Å². The lowest BCUT2D eigenvalue weighted by Crippen LogP contribution is -2.32. The normalized spacial score (nSPS) is 19.2. The molecule has 0 radical (unpaired) electrons. The maximum absolute atomic E-state index is 13.0. The number of rotatable bonds is 8. The van der Waals surface area contributed by atoms with E-state index in [2.05, 4.69) is 34.9 Å². The number of carbonyl (C=O) groups is 1. The number of hydrogen-bond acceptors (Lipinski definition) is 4. The molecule has 2 aromatic rings. The Balaban J connectivity index is 1.37. The van der Waals surface area contributed by atoms with Crippen molar-refractivity contribution in [3.8, 4) is 0 Å². The van der Waals surface area contributed by atoms with Crippen LogP contribution >= 0.6 is 0 Å². The van der Waals surface area contributed by atoms with E-state index in [-0.39, 0.29) is 18.3 Å². The first kappa shape index (κ1) is 23.4. The second-order valence-corrected chi connectivity index (χ2v) is 9.49. The molecular formula is C26H35FN2O2. The number of benzene rings is 2. The zero-order valence-corrected chi connectivity index (χ0v) is 18.9. The maximum atomic E-state index is 13.0. The molecule has 2 aromatic carbocycles. The van der Waals surface area contributed by atoms with E-state index in [4.69, 9.17) is 4.74 Å². The van der Waals surface area contributed by atoms with Crippen LogP contribution in [0.5, 0.6) is 0 Å². The Morgan fingerprint density at radius 3 is 2.13 bits per heavy atom. The standard InChI is InChI=1S/C26H35FN2O2/c1-26(2,3)31-25(30)18-28-16-19-4-8-21(9-5-19)22-10-14-24(15-11-22)29-17-20-6-12-23(27)13-7-20/h4-9,12-13,22,24,28-29H,10-11,14-18H2,1-3H3/t22-,24-. The van der Waals surface area contributed by atoms with Gasteiger partial charge in [0.25, 0.3) is 0 Å². The molecule has 0 heterocycles. The second kappa shape index (κ2) is 10.9. The van der Waals surface area contributed by atoms with Gasteiger partial charge in [0, 0.05) is 19.1 Å². The highest BCUT2D eigenvalue weighted by Gasteiger charge is 2.22. The second-order valence-electron chi connectivity index (χ2n) is 9.49. The molecule has 31 heavy (non-hydrogen) atoms. The molecule has 1 saturated carbocycles. The highest BCUT2D eigenvalue weighted by atomic mass is 19.1. The predicted molar refractivity (Wildman–Crippen MR) is 122 cm³/mol. The van der Waals surface area contributed by atoms with E-state index < -0.39 is 5.60 Å². The monoisotopic (exact) mass is 426 g/mol. The van der Waals surface area contributed by atoms with Gasteiger partial charge in [-0.05, 0) is 81.2 Å². The number of hydrogen-bond donors (Lipinski definition) is 2. The highest BCUT2D eigenvalue weighted by molar-refractivity contribution is 5.72. The number of nitrogens with one attached hydrogen (secondary N) is 2. The van der Waals surface area contributed by atoms with Crippen molar-refractivity contribution < 1.29 is 13.9 Å². The first-order valence-electron chi connectivity index (χ1n) is 11.3. The Labute approximate surface area is 185 Å². The van der Waals surface area contributed by atoms with Gasteiger partial charge < -0.3 is 15.4 Å². The number of esters is 1. The molecule has 0 spiro atoms. The average molecular weight is 427 g/mol. The summed E-state index contributed by atoms with van der Waals surface area (Å²) in [6, 6.07) is 16.0. The van der Waals surface area contributed by atoms with Crippen LogP contribution in [0.2, 0.25) is 0 Å². The van der Waals surface area contributed by atoms with Crippen molar-refractivity contribution >= 4 is 5.97 Å². The Kier molecular flexibility index (Phi) is 8.22. The molecule has 4 nitrogen and oxygen atoms in total. The van der Waals surface area contributed by atoms with Crippen LogP contribution in [-0.4, -0.2) is 24.2 Å². The molecule has 0 bridgehead atoms. The quantitative estimate of drug-likeness (QED) is 0.579. The summed E-state index contributed by atoms with van der Waals surface area (Å²) in [4.78, 5) is 11.8. The van der Waals surface area contributed by atoms with E-state index in [1.165, 1.54) is 36.1 Å². The average Bonchev–Trinajstić information content (AvgIpc) is 2.73. The molecule has 5 heteroatoms. The predicted octanol–water partition coefficient (Wildman–Crippen LogP) is 5.07. The van der Waals surface area contributed by atoms with Gasteiger partial charge in [-0.25, -0.2) is 4.39 Å². The zero-order valence-electron chi connectivity index (χ0n) is 18.9. The van der Waals surface area contributed by atoms with Crippen molar-refractivity contribution in [2.24, 2.45) is 0 Å². The molecule has 1 aliphatic rings. The topological polar surface area (TPSA) is 50.4 Å². The van der Waals surface area contributed by atoms with Crippen LogP contribution in [0, 0.1) is 5.82 Å². The minimum Gasteiger partial charge on any atom is -0.459 e. The summed E-state index contributed by atoms with van der Waals surface area (Å²) in [6.45, 7) is 7.28. The van der Waals surface area contributed by atoms with Gasteiger partial charge in [-0.1, -0.05) is 36.4 Å². The summed E-state index contributed by atoms with van der Waals surface area (Å²) in [5, 5.41) is 6.77. The number of carbonyl (C=O) groups excluding carboxylic acids is 1. The van der Waals surface area contributed by atoms with Gasteiger partial charge >= 0.3 is 5.97 Å².